The molecule has 0 radical (unpaired) electrons. The Morgan fingerprint density at radius 1 is 1.56 bits per heavy atom. The van der Waals surface area contributed by atoms with E-state index in [4.69, 9.17) is 9.15 Å². The molecule has 0 saturated carbocycles. The van der Waals surface area contributed by atoms with Crippen molar-refractivity contribution in [2.45, 2.75) is 13.0 Å². The van der Waals surface area contributed by atoms with Gasteiger partial charge in [0.25, 0.3) is 0 Å². The Balaban J connectivity index is 2.26. The molecule has 2 rings (SSSR count). The number of para-hydroxylation sites is 1. The molecule has 0 aliphatic carbocycles. The second-order valence-electron chi connectivity index (χ2n) is 4.15. The van der Waals surface area contributed by atoms with E-state index in [-0.39, 0.29) is 6.04 Å². The number of nitrogens with one attached hydrogen (secondary N) is 1. The van der Waals surface area contributed by atoms with Crippen LogP contribution in [0, 0.1) is 0 Å². The molecule has 0 amide bonds. The highest BCUT2D eigenvalue weighted by Crippen LogP contribution is 2.30. The number of ether oxygens (including phenoxy) is 1. The van der Waals surface area contributed by atoms with Crippen molar-refractivity contribution in [2.24, 2.45) is 0 Å². The highest BCUT2D eigenvalue weighted by Gasteiger charge is 2.13. The van der Waals surface area contributed by atoms with Crippen molar-refractivity contribution in [3.05, 3.63) is 41.1 Å². The Bertz CT molecular complexity index is 562. The number of hydrogen-bond donors (Lipinski definition) is 1. The van der Waals surface area contributed by atoms with Gasteiger partial charge in [0, 0.05) is 16.4 Å². The third-order valence-corrected chi connectivity index (χ3v) is 3.05. The van der Waals surface area contributed by atoms with Crippen LogP contribution in [-0.2, 0) is 0 Å². The maximum Gasteiger partial charge on any atom is 0.176 e. The maximum atomic E-state index is 5.85. The zero-order valence-corrected chi connectivity index (χ0v) is 12.1. The largest absolute Gasteiger partial charge is 0.493 e. The normalized spacial score (nSPS) is 12.6. The molecule has 1 unspecified atom stereocenters. The summed E-state index contributed by atoms with van der Waals surface area (Å²) < 4.78 is 12.1. The summed E-state index contributed by atoms with van der Waals surface area (Å²) >= 11 is 3.33. The zero-order valence-electron chi connectivity index (χ0n) is 10.5. The van der Waals surface area contributed by atoms with E-state index in [1.54, 1.807) is 7.11 Å². The van der Waals surface area contributed by atoms with Crippen LogP contribution in [0.5, 0.6) is 5.75 Å². The fourth-order valence-electron chi connectivity index (χ4n) is 1.79. The summed E-state index contributed by atoms with van der Waals surface area (Å²) in [5.74, 6) is 1.65. The van der Waals surface area contributed by atoms with Gasteiger partial charge in [0.1, 0.15) is 5.76 Å². The first-order chi connectivity index (χ1) is 8.61. The fraction of sp³-hybridized carbons (Fsp3) is 0.286. The van der Waals surface area contributed by atoms with E-state index >= 15 is 0 Å². The van der Waals surface area contributed by atoms with Gasteiger partial charge < -0.3 is 14.5 Å². The first kappa shape index (κ1) is 13.2. The molecule has 0 aliphatic rings. The van der Waals surface area contributed by atoms with Crippen molar-refractivity contribution in [3.8, 4) is 5.75 Å². The number of rotatable bonds is 5. The van der Waals surface area contributed by atoms with Crippen LogP contribution >= 0.6 is 15.9 Å². The predicted octanol–water partition coefficient (Wildman–Crippen LogP) is 4.00. The highest BCUT2D eigenvalue weighted by atomic mass is 79.9. The number of halogens is 1. The van der Waals surface area contributed by atoms with Crippen LogP contribution in [0.15, 0.2) is 39.7 Å². The van der Waals surface area contributed by atoms with E-state index in [2.05, 4.69) is 34.7 Å². The lowest BCUT2D eigenvalue weighted by Gasteiger charge is -2.09. The molecule has 0 aliphatic heterocycles. The summed E-state index contributed by atoms with van der Waals surface area (Å²) in [6, 6.07) is 8.02. The summed E-state index contributed by atoms with van der Waals surface area (Å²) in [5.41, 5.74) is 0.793. The molecular formula is C14H16BrNO2. The van der Waals surface area contributed by atoms with Gasteiger partial charge >= 0.3 is 0 Å². The topological polar surface area (TPSA) is 34.4 Å². The Morgan fingerprint density at radius 2 is 2.33 bits per heavy atom. The average Bonchev–Trinajstić information content (AvgIpc) is 2.79. The molecule has 1 aromatic carbocycles. The minimum Gasteiger partial charge on any atom is -0.493 e. The smallest absolute Gasteiger partial charge is 0.176 e. The van der Waals surface area contributed by atoms with Gasteiger partial charge in [-0.2, -0.15) is 0 Å². The minimum atomic E-state index is 0.122. The van der Waals surface area contributed by atoms with E-state index in [1.165, 1.54) is 0 Å². The monoisotopic (exact) mass is 309 g/mol. The van der Waals surface area contributed by atoms with Crippen molar-refractivity contribution >= 4 is 26.9 Å². The first-order valence-electron chi connectivity index (χ1n) is 5.75. The molecule has 0 spiro atoms. The molecule has 1 heterocycles. The molecule has 1 atom stereocenters. The molecule has 2 aromatic rings. The molecule has 4 heteroatoms. The van der Waals surface area contributed by atoms with Gasteiger partial charge in [-0.3, -0.25) is 0 Å². The molecule has 0 fully saturated rings. The lowest BCUT2D eigenvalue weighted by molar-refractivity contribution is 0.401. The van der Waals surface area contributed by atoms with Crippen molar-refractivity contribution in [1.82, 2.24) is 5.32 Å². The second-order valence-corrected chi connectivity index (χ2v) is 5.27. The Morgan fingerprint density at radius 3 is 3.00 bits per heavy atom. The molecular weight excluding hydrogens is 294 g/mol. The van der Waals surface area contributed by atoms with Gasteiger partial charge in [0.2, 0.25) is 0 Å². The summed E-state index contributed by atoms with van der Waals surface area (Å²) in [5, 5.41) is 4.37. The van der Waals surface area contributed by atoms with Crippen molar-refractivity contribution in [1.29, 1.82) is 0 Å². The lowest BCUT2D eigenvalue weighted by atomic mass is 10.2. The van der Waals surface area contributed by atoms with Crippen molar-refractivity contribution in [2.75, 3.05) is 13.7 Å². The number of fused-ring (bicyclic) bond motifs is 1. The maximum absolute atomic E-state index is 5.85. The van der Waals surface area contributed by atoms with E-state index in [1.807, 2.05) is 24.3 Å². The minimum absolute atomic E-state index is 0.122. The predicted molar refractivity (Wildman–Crippen MR) is 77.3 cm³/mol. The standard InChI is InChI=1S/C14H16BrNO2/c1-9(15)8-16-10(2)13-7-11-5-4-6-12(17-3)14(11)18-13/h4-7,10,16H,1,8H2,2-3H3. The van der Waals surface area contributed by atoms with Gasteiger partial charge in [0.05, 0.1) is 13.2 Å². The number of benzene rings is 1. The number of hydrogen-bond acceptors (Lipinski definition) is 3. The van der Waals surface area contributed by atoms with Gasteiger partial charge in [-0.1, -0.05) is 34.6 Å². The molecule has 0 bridgehead atoms. The van der Waals surface area contributed by atoms with E-state index in [0.717, 1.165) is 27.0 Å². The summed E-state index contributed by atoms with van der Waals surface area (Å²) in [7, 11) is 1.65. The summed E-state index contributed by atoms with van der Waals surface area (Å²) in [4.78, 5) is 0. The second kappa shape index (κ2) is 5.59. The van der Waals surface area contributed by atoms with Crippen LogP contribution in [0.25, 0.3) is 11.0 Å². The van der Waals surface area contributed by atoms with Crippen LogP contribution in [-0.4, -0.2) is 13.7 Å². The summed E-state index contributed by atoms with van der Waals surface area (Å²) in [6.07, 6.45) is 0. The number of methoxy groups -OCH3 is 1. The fourth-order valence-corrected chi connectivity index (χ4v) is 1.96. The van der Waals surface area contributed by atoms with Crippen LogP contribution in [0.1, 0.15) is 18.7 Å². The van der Waals surface area contributed by atoms with Gasteiger partial charge in [-0.05, 0) is 19.1 Å². The van der Waals surface area contributed by atoms with E-state index in [0.29, 0.717) is 6.54 Å². The third-order valence-electron chi connectivity index (χ3n) is 2.77. The zero-order chi connectivity index (χ0) is 13.1. The van der Waals surface area contributed by atoms with E-state index < -0.39 is 0 Å². The Kier molecular flexibility index (Phi) is 4.09. The van der Waals surface area contributed by atoms with Gasteiger partial charge in [-0.25, -0.2) is 0 Å². The Labute approximate surface area is 115 Å². The van der Waals surface area contributed by atoms with Crippen LogP contribution in [0.3, 0.4) is 0 Å². The Hall–Kier alpha value is -1.26. The summed E-state index contributed by atoms with van der Waals surface area (Å²) in [6.45, 7) is 6.55. The van der Waals surface area contributed by atoms with Crippen molar-refractivity contribution < 1.29 is 9.15 Å². The average molecular weight is 310 g/mol. The molecule has 1 aromatic heterocycles. The van der Waals surface area contributed by atoms with Gasteiger partial charge in [-0.15, -0.1) is 0 Å². The molecule has 3 nitrogen and oxygen atoms in total. The lowest BCUT2D eigenvalue weighted by Crippen LogP contribution is -2.19. The van der Waals surface area contributed by atoms with Crippen LogP contribution in [0.2, 0.25) is 0 Å². The molecule has 18 heavy (non-hydrogen) atoms. The molecule has 0 saturated heterocycles. The SMILES string of the molecule is C=C(Br)CNC(C)c1cc2cccc(OC)c2o1. The van der Waals surface area contributed by atoms with E-state index in [9.17, 15) is 0 Å². The highest BCUT2D eigenvalue weighted by molar-refractivity contribution is 9.11. The third kappa shape index (κ3) is 2.76. The quantitative estimate of drug-likeness (QED) is 0.906. The van der Waals surface area contributed by atoms with Crippen LogP contribution in [0.4, 0.5) is 0 Å². The van der Waals surface area contributed by atoms with Gasteiger partial charge in [0.15, 0.2) is 11.3 Å². The van der Waals surface area contributed by atoms with Crippen molar-refractivity contribution in [3.63, 3.8) is 0 Å². The molecule has 1 N–H and O–H groups in total. The first-order valence-corrected chi connectivity index (χ1v) is 6.54. The molecule has 96 valence electrons. The van der Waals surface area contributed by atoms with Crippen LogP contribution < -0.4 is 10.1 Å². The number of furan rings is 1.